The summed E-state index contributed by atoms with van der Waals surface area (Å²) in [6.45, 7) is 9.65. The van der Waals surface area contributed by atoms with Crippen molar-refractivity contribution < 1.29 is 14.1 Å². The van der Waals surface area contributed by atoms with Gasteiger partial charge in [0.25, 0.3) is 0 Å². The van der Waals surface area contributed by atoms with Gasteiger partial charge < -0.3 is 14.2 Å². The monoisotopic (exact) mass is 407 g/mol. The minimum absolute atomic E-state index is 0.0290. The summed E-state index contributed by atoms with van der Waals surface area (Å²) in [6.07, 6.45) is 3.75. The summed E-state index contributed by atoms with van der Waals surface area (Å²) in [6, 6.07) is 11.8. The fraction of sp³-hybridized carbons (Fsp3) is 0.375. The van der Waals surface area contributed by atoms with Crippen LogP contribution in [-0.2, 0) is 24.3 Å². The summed E-state index contributed by atoms with van der Waals surface area (Å²) in [5, 5.41) is 3.97. The van der Waals surface area contributed by atoms with E-state index in [0.717, 1.165) is 28.1 Å². The maximum atomic E-state index is 13.2. The Balaban J connectivity index is 1.74. The summed E-state index contributed by atoms with van der Waals surface area (Å²) < 4.78 is 11.0. The van der Waals surface area contributed by atoms with Crippen molar-refractivity contribution in [1.29, 1.82) is 0 Å². The number of hydrogen-bond acceptors (Lipinski definition) is 5. The molecule has 158 valence electrons. The quantitative estimate of drug-likeness (QED) is 0.523. The van der Waals surface area contributed by atoms with Gasteiger partial charge in [0.15, 0.2) is 0 Å². The van der Waals surface area contributed by atoms with Gasteiger partial charge in [-0.2, -0.15) is 0 Å². The Morgan fingerprint density at radius 1 is 1.03 bits per heavy atom. The first-order valence-electron chi connectivity index (χ1n) is 10.2. The number of hydrogen-bond donors (Lipinski definition) is 0. The first-order chi connectivity index (χ1) is 14.4. The van der Waals surface area contributed by atoms with Gasteiger partial charge in [-0.25, -0.2) is 0 Å². The van der Waals surface area contributed by atoms with Gasteiger partial charge in [0, 0.05) is 31.0 Å². The second kappa shape index (κ2) is 10.1. The van der Waals surface area contributed by atoms with E-state index >= 15 is 0 Å². The van der Waals surface area contributed by atoms with Crippen molar-refractivity contribution in [3.63, 3.8) is 0 Å². The number of ether oxygens (including phenoxy) is 1. The molecule has 0 fully saturated rings. The van der Waals surface area contributed by atoms with Crippen molar-refractivity contribution in [2.24, 2.45) is 5.92 Å². The average molecular weight is 408 g/mol. The predicted molar refractivity (Wildman–Crippen MR) is 115 cm³/mol. The van der Waals surface area contributed by atoms with Crippen molar-refractivity contribution >= 4 is 5.91 Å². The number of carbonyl (C=O) groups excluding carboxylic acids is 1. The molecular formula is C24H29N3O3. The fourth-order valence-electron chi connectivity index (χ4n) is 3.13. The molecule has 0 saturated heterocycles. The summed E-state index contributed by atoms with van der Waals surface area (Å²) in [4.78, 5) is 19.1. The van der Waals surface area contributed by atoms with E-state index in [1.807, 2.05) is 55.1 Å². The number of rotatable bonds is 9. The van der Waals surface area contributed by atoms with Gasteiger partial charge in [-0.3, -0.25) is 9.78 Å². The smallest absolute Gasteiger partial charge is 0.227 e. The molecular weight excluding hydrogens is 378 g/mol. The van der Waals surface area contributed by atoms with Crippen LogP contribution < -0.4 is 4.74 Å². The molecule has 6 nitrogen and oxygen atoms in total. The van der Waals surface area contributed by atoms with Crippen LogP contribution in [0.4, 0.5) is 0 Å². The van der Waals surface area contributed by atoms with Gasteiger partial charge in [0.05, 0.1) is 18.7 Å². The summed E-state index contributed by atoms with van der Waals surface area (Å²) in [5.74, 6) is 2.04. The van der Waals surface area contributed by atoms with Gasteiger partial charge in [-0.15, -0.1) is 0 Å². The summed E-state index contributed by atoms with van der Waals surface area (Å²) in [7, 11) is 0. The fourth-order valence-corrected chi connectivity index (χ4v) is 3.13. The minimum atomic E-state index is 0.0290. The minimum Gasteiger partial charge on any atom is -0.493 e. The molecule has 0 aliphatic carbocycles. The Kier molecular flexibility index (Phi) is 7.22. The molecule has 0 radical (unpaired) electrons. The number of carbonyl (C=O) groups is 1. The Bertz CT molecular complexity index is 930. The highest BCUT2D eigenvalue weighted by Crippen LogP contribution is 2.19. The molecule has 0 saturated carbocycles. The number of nitrogens with zero attached hydrogens (tertiary/aromatic N) is 3. The molecule has 0 bridgehead atoms. The number of amides is 1. The number of aryl methyl sites for hydroxylation is 2. The van der Waals surface area contributed by atoms with E-state index in [1.54, 1.807) is 12.4 Å². The molecule has 0 aliphatic heterocycles. The lowest BCUT2D eigenvalue weighted by atomic mass is 10.1. The Morgan fingerprint density at radius 3 is 2.23 bits per heavy atom. The number of pyridine rings is 1. The SMILES string of the molecule is Cc1noc(C)c1CC(=O)N(Cc1ccncc1)Cc1ccc(OCC(C)C)cc1. The van der Waals surface area contributed by atoms with Crippen LogP contribution in [0.25, 0.3) is 0 Å². The highest BCUT2D eigenvalue weighted by Gasteiger charge is 2.19. The molecule has 0 unspecified atom stereocenters. The molecule has 0 N–H and O–H groups in total. The van der Waals surface area contributed by atoms with Crippen molar-refractivity contribution in [3.05, 3.63) is 76.9 Å². The molecule has 2 aromatic heterocycles. The average Bonchev–Trinajstić information content (AvgIpc) is 3.05. The molecule has 3 aromatic rings. The van der Waals surface area contributed by atoms with Crippen LogP contribution >= 0.6 is 0 Å². The largest absolute Gasteiger partial charge is 0.493 e. The maximum Gasteiger partial charge on any atom is 0.227 e. The van der Waals surface area contributed by atoms with Crippen LogP contribution in [-0.4, -0.2) is 27.6 Å². The zero-order valence-electron chi connectivity index (χ0n) is 18.1. The Hall–Kier alpha value is -3.15. The molecule has 0 atom stereocenters. The van der Waals surface area contributed by atoms with Crippen LogP contribution in [0.15, 0.2) is 53.3 Å². The topological polar surface area (TPSA) is 68.5 Å². The van der Waals surface area contributed by atoms with Crippen LogP contribution in [0.1, 0.15) is 42.0 Å². The van der Waals surface area contributed by atoms with E-state index in [-0.39, 0.29) is 12.3 Å². The van der Waals surface area contributed by atoms with Gasteiger partial charge in [0.1, 0.15) is 11.5 Å². The molecule has 0 spiro atoms. The van der Waals surface area contributed by atoms with Gasteiger partial charge in [0.2, 0.25) is 5.91 Å². The molecule has 1 aromatic carbocycles. The first-order valence-corrected chi connectivity index (χ1v) is 10.2. The second-order valence-electron chi connectivity index (χ2n) is 7.93. The van der Waals surface area contributed by atoms with Gasteiger partial charge in [-0.1, -0.05) is 31.1 Å². The third kappa shape index (κ3) is 5.92. The molecule has 1 amide bonds. The van der Waals surface area contributed by atoms with E-state index < -0.39 is 0 Å². The second-order valence-corrected chi connectivity index (χ2v) is 7.93. The standard InChI is InChI=1S/C24H29N3O3/c1-17(2)16-29-22-7-5-20(6-8-22)14-27(15-21-9-11-25-12-10-21)24(28)13-23-18(3)26-30-19(23)4/h5-12,17H,13-16H2,1-4H3. The molecule has 0 aliphatic rings. The Labute approximate surface area is 177 Å². The van der Waals surface area contributed by atoms with Crippen molar-refractivity contribution in [2.45, 2.75) is 47.2 Å². The van der Waals surface area contributed by atoms with Crippen molar-refractivity contribution in [2.75, 3.05) is 6.61 Å². The predicted octanol–water partition coefficient (Wildman–Crippen LogP) is 4.49. The van der Waals surface area contributed by atoms with E-state index in [9.17, 15) is 4.79 Å². The zero-order valence-corrected chi connectivity index (χ0v) is 18.1. The third-order valence-corrected chi connectivity index (χ3v) is 4.86. The highest BCUT2D eigenvalue weighted by atomic mass is 16.5. The summed E-state index contributed by atoms with van der Waals surface area (Å²) >= 11 is 0. The van der Waals surface area contributed by atoms with E-state index in [1.165, 1.54) is 0 Å². The van der Waals surface area contributed by atoms with Gasteiger partial charge >= 0.3 is 0 Å². The van der Waals surface area contributed by atoms with Crippen molar-refractivity contribution in [3.8, 4) is 5.75 Å². The third-order valence-electron chi connectivity index (χ3n) is 4.86. The first kappa shape index (κ1) is 21.6. The van der Waals surface area contributed by atoms with Crippen LogP contribution in [0.2, 0.25) is 0 Å². The van der Waals surface area contributed by atoms with Crippen LogP contribution in [0.5, 0.6) is 5.75 Å². The number of benzene rings is 1. The van der Waals surface area contributed by atoms with E-state index in [0.29, 0.717) is 31.4 Å². The van der Waals surface area contributed by atoms with E-state index in [4.69, 9.17) is 9.26 Å². The molecule has 6 heteroatoms. The zero-order chi connectivity index (χ0) is 21.5. The number of aromatic nitrogens is 2. The lowest BCUT2D eigenvalue weighted by Gasteiger charge is -2.23. The van der Waals surface area contributed by atoms with E-state index in [2.05, 4.69) is 24.0 Å². The lowest BCUT2D eigenvalue weighted by molar-refractivity contribution is -0.131. The van der Waals surface area contributed by atoms with Gasteiger partial charge in [-0.05, 0) is 55.2 Å². The lowest BCUT2D eigenvalue weighted by Crippen LogP contribution is -2.31. The van der Waals surface area contributed by atoms with Crippen molar-refractivity contribution in [1.82, 2.24) is 15.0 Å². The summed E-state index contributed by atoms with van der Waals surface area (Å²) in [5.41, 5.74) is 3.70. The van der Waals surface area contributed by atoms with Crippen LogP contribution in [0.3, 0.4) is 0 Å². The van der Waals surface area contributed by atoms with Crippen LogP contribution in [0, 0.1) is 19.8 Å². The molecule has 3 rings (SSSR count). The maximum absolute atomic E-state index is 13.2. The highest BCUT2D eigenvalue weighted by molar-refractivity contribution is 5.79. The normalized spacial score (nSPS) is 11.0. The molecule has 2 heterocycles. The molecule has 30 heavy (non-hydrogen) atoms. The Morgan fingerprint density at radius 2 is 1.67 bits per heavy atom.